The molecule has 3 amide bonds. The average Bonchev–Trinajstić information content (AvgIpc) is 3.40. The predicted molar refractivity (Wildman–Crippen MR) is 156 cm³/mol. The van der Waals surface area contributed by atoms with Crippen molar-refractivity contribution in [1.82, 2.24) is 20.5 Å². The molecule has 0 unspecified atom stereocenters. The molecule has 1 aliphatic rings. The van der Waals surface area contributed by atoms with Crippen LogP contribution in [0, 0.1) is 13.8 Å². The highest BCUT2D eigenvalue weighted by Gasteiger charge is 2.27. The molecule has 0 radical (unpaired) electrons. The Bertz CT molecular complexity index is 1400. The van der Waals surface area contributed by atoms with Crippen LogP contribution in [0.2, 0.25) is 0 Å². The monoisotopic (exact) mass is 527 g/mol. The van der Waals surface area contributed by atoms with Crippen molar-refractivity contribution in [2.75, 3.05) is 31.5 Å². The molecule has 0 spiro atoms. The first-order valence-electron chi connectivity index (χ1n) is 13.5. The molecule has 1 atom stereocenters. The fraction of sp³-hybridized carbons (Fsp3) is 0.323. The Morgan fingerprint density at radius 3 is 2.44 bits per heavy atom. The fourth-order valence-electron chi connectivity index (χ4n) is 4.94. The molecule has 4 N–H and O–H groups in total. The summed E-state index contributed by atoms with van der Waals surface area (Å²) in [5.41, 5.74) is 5.99. The number of hydrogen-bond donors (Lipinski definition) is 4. The van der Waals surface area contributed by atoms with Gasteiger partial charge in [-0.15, -0.1) is 0 Å². The van der Waals surface area contributed by atoms with E-state index in [0.29, 0.717) is 40.2 Å². The second kappa shape index (κ2) is 12.1. The number of nitrogens with one attached hydrogen (secondary N) is 4. The number of carbonyl (C=O) groups is 3. The molecular formula is C31H37N5O3. The molecule has 0 saturated carbocycles. The molecule has 4 rings (SSSR count). The quantitative estimate of drug-likeness (QED) is 0.287. The molecule has 0 saturated heterocycles. The summed E-state index contributed by atoms with van der Waals surface area (Å²) in [6.45, 7) is 13.1. The summed E-state index contributed by atoms with van der Waals surface area (Å²) in [6, 6.07) is 14.8. The van der Waals surface area contributed by atoms with Crippen molar-refractivity contribution in [2.45, 2.75) is 40.7 Å². The number of rotatable bonds is 10. The zero-order valence-electron chi connectivity index (χ0n) is 23.3. The SMILES string of the molecule is CCN(CC)CCNC(=O)c1c(C)[nH]c(C=C2C(=O)Nc3ccc(C(=O)N[C@H](C)c4ccccc4)cc32)c1C. The first-order valence-corrected chi connectivity index (χ1v) is 13.5. The van der Waals surface area contributed by atoms with Crippen molar-refractivity contribution in [3.8, 4) is 0 Å². The Morgan fingerprint density at radius 2 is 1.74 bits per heavy atom. The van der Waals surface area contributed by atoms with Crippen molar-refractivity contribution in [3.05, 3.63) is 87.7 Å². The van der Waals surface area contributed by atoms with Crippen molar-refractivity contribution in [1.29, 1.82) is 0 Å². The van der Waals surface area contributed by atoms with Gasteiger partial charge in [-0.2, -0.15) is 0 Å². The number of likely N-dealkylation sites (N-methyl/N-ethyl adjacent to an activating group) is 1. The van der Waals surface area contributed by atoms with Gasteiger partial charge in [0.15, 0.2) is 0 Å². The molecule has 39 heavy (non-hydrogen) atoms. The van der Waals surface area contributed by atoms with E-state index in [9.17, 15) is 14.4 Å². The molecule has 1 aliphatic heterocycles. The number of aryl methyl sites for hydroxylation is 1. The van der Waals surface area contributed by atoms with Crippen LogP contribution in [0.5, 0.6) is 0 Å². The summed E-state index contributed by atoms with van der Waals surface area (Å²) in [5, 5.41) is 8.92. The Morgan fingerprint density at radius 1 is 1.03 bits per heavy atom. The number of amides is 3. The molecule has 8 nitrogen and oxygen atoms in total. The lowest BCUT2D eigenvalue weighted by Crippen LogP contribution is -2.35. The number of aromatic nitrogens is 1. The lowest BCUT2D eigenvalue weighted by atomic mass is 10.0. The molecule has 3 aromatic rings. The fourth-order valence-corrected chi connectivity index (χ4v) is 4.94. The minimum Gasteiger partial charge on any atom is -0.358 e. The zero-order valence-corrected chi connectivity index (χ0v) is 23.3. The predicted octanol–water partition coefficient (Wildman–Crippen LogP) is 4.69. The van der Waals surface area contributed by atoms with Crippen LogP contribution in [-0.4, -0.2) is 53.8 Å². The van der Waals surface area contributed by atoms with Crippen LogP contribution in [0.25, 0.3) is 11.6 Å². The number of hydrogen-bond acceptors (Lipinski definition) is 4. The second-order valence-electron chi connectivity index (χ2n) is 9.82. The Kier molecular flexibility index (Phi) is 8.66. The number of anilines is 1. The van der Waals surface area contributed by atoms with Gasteiger partial charge in [0.1, 0.15) is 0 Å². The van der Waals surface area contributed by atoms with Crippen LogP contribution in [0.4, 0.5) is 5.69 Å². The van der Waals surface area contributed by atoms with Gasteiger partial charge >= 0.3 is 0 Å². The lowest BCUT2D eigenvalue weighted by molar-refractivity contribution is -0.110. The van der Waals surface area contributed by atoms with Gasteiger partial charge in [0.05, 0.1) is 17.2 Å². The maximum absolute atomic E-state index is 13.0. The third-order valence-electron chi connectivity index (χ3n) is 7.31. The van der Waals surface area contributed by atoms with Gasteiger partial charge in [-0.25, -0.2) is 0 Å². The molecule has 0 fully saturated rings. The van der Waals surface area contributed by atoms with E-state index in [-0.39, 0.29) is 23.8 Å². The van der Waals surface area contributed by atoms with Crippen molar-refractivity contribution < 1.29 is 14.4 Å². The summed E-state index contributed by atoms with van der Waals surface area (Å²) in [5.74, 6) is -0.610. The van der Waals surface area contributed by atoms with E-state index >= 15 is 0 Å². The van der Waals surface area contributed by atoms with Crippen LogP contribution in [-0.2, 0) is 4.79 Å². The molecular weight excluding hydrogens is 490 g/mol. The molecule has 0 aliphatic carbocycles. The van der Waals surface area contributed by atoms with Crippen molar-refractivity contribution >= 4 is 35.1 Å². The minimum absolute atomic E-state index is 0.138. The number of carbonyl (C=O) groups excluding carboxylic acids is 3. The topological polar surface area (TPSA) is 106 Å². The van der Waals surface area contributed by atoms with E-state index in [2.05, 4.69) is 39.7 Å². The minimum atomic E-state index is -0.253. The van der Waals surface area contributed by atoms with E-state index in [0.717, 1.165) is 36.5 Å². The summed E-state index contributed by atoms with van der Waals surface area (Å²) >= 11 is 0. The first-order chi connectivity index (χ1) is 18.7. The van der Waals surface area contributed by atoms with E-state index < -0.39 is 0 Å². The Balaban J connectivity index is 1.55. The van der Waals surface area contributed by atoms with Gasteiger partial charge < -0.3 is 25.8 Å². The van der Waals surface area contributed by atoms with Gasteiger partial charge in [-0.05, 0) is 69.3 Å². The highest BCUT2D eigenvalue weighted by molar-refractivity contribution is 6.35. The largest absolute Gasteiger partial charge is 0.358 e. The lowest BCUT2D eigenvalue weighted by Gasteiger charge is -2.18. The van der Waals surface area contributed by atoms with Gasteiger partial charge in [0.2, 0.25) is 0 Å². The molecule has 8 heteroatoms. The van der Waals surface area contributed by atoms with E-state index in [1.165, 1.54) is 0 Å². The van der Waals surface area contributed by atoms with Crippen LogP contribution in [0.3, 0.4) is 0 Å². The standard InChI is InChI=1S/C31H37N5O3/c1-6-36(7-2)16-15-32-31(39)28-19(3)27(33-21(28)5)18-25-24-17-23(13-14-26(24)35-30(25)38)29(37)34-20(4)22-11-9-8-10-12-22/h8-14,17-18,20,33H,6-7,15-16H2,1-5H3,(H,32,39)(H,34,37)(H,35,38)/t20-/m1/s1. The van der Waals surface area contributed by atoms with Gasteiger partial charge in [0.25, 0.3) is 17.7 Å². The maximum Gasteiger partial charge on any atom is 0.256 e. The molecule has 2 heterocycles. The molecule has 2 aromatic carbocycles. The Hall–Kier alpha value is -4.17. The van der Waals surface area contributed by atoms with Crippen LogP contribution < -0.4 is 16.0 Å². The summed E-state index contributed by atoms with van der Waals surface area (Å²) in [6.07, 6.45) is 1.75. The number of benzene rings is 2. The van der Waals surface area contributed by atoms with Crippen molar-refractivity contribution in [3.63, 3.8) is 0 Å². The number of aromatic amines is 1. The summed E-state index contributed by atoms with van der Waals surface area (Å²) in [7, 11) is 0. The van der Waals surface area contributed by atoms with E-state index in [1.54, 1.807) is 24.3 Å². The molecule has 0 bridgehead atoms. The molecule has 1 aromatic heterocycles. The highest BCUT2D eigenvalue weighted by atomic mass is 16.2. The van der Waals surface area contributed by atoms with Gasteiger partial charge in [0, 0.05) is 41.3 Å². The van der Waals surface area contributed by atoms with Crippen LogP contribution in [0.15, 0.2) is 48.5 Å². The Labute approximate surface area is 229 Å². The summed E-state index contributed by atoms with van der Waals surface area (Å²) < 4.78 is 0. The van der Waals surface area contributed by atoms with E-state index in [1.807, 2.05) is 51.1 Å². The van der Waals surface area contributed by atoms with Gasteiger partial charge in [-0.1, -0.05) is 44.2 Å². The number of fused-ring (bicyclic) bond motifs is 1. The first kappa shape index (κ1) is 27.9. The van der Waals surface area contributed by atoms with Crippen molar-refractivity contribution in [2.24, 2.45) is 0 Å². The van der Waals surface area contributed by atoms with Crippen LogP contribution >= 0.6 is 0 Å². The average molecular weight is 528 g/mol. The highest BCUT2D eigenvalue weighted by Crippen LogP contribution is 2.35. The third kappa shape index (κ3) is 6.12. The second-order valence-corrected chi connectivity index (χ2v) is 9.82. The third-order valence-corrected chi connectivity index (χ3v) is 7.31. The van der Waals surface area contributed by atoms with E-state index in [4.69, 9.17) is 0 Å². The number of nitrogens with zero attached hydrogens (tertiary/aromatic N) is 1. The number of H-pyrrole nitrogens is 1. The maximum atomic E-state index is 13.0. The normalized spacial score (nSPS) is 14.3. The van der Waals surface area contributed by atoms with Gasteiger partial charge in [-0.3, -0.25) is 14.4 Å². The summed E-state index contributed by atoms with van der Waals surface area (Å²) in [4.78, 5) is 44.4. The van der Waals surface area contributed by atoms with Crippen LogP contribution in [0.1, 0.15) is 75.6 Å². The molecule has 204 valence electrons. The smallest absolute Gasteiger partial charge is 0.256 e. The zero-order chi connectivity index (χ0) is 28.1.